The molecule has 3 N–H and O–H groups in total. The summed E-state index contributed by atoms with van der Waals surface area (Å²) in [5.41, 5.74) is 5.46. The number of ether oxygens (including phenoxy) is 1. The minimum Gasteiger partial charge on any atom is -0.461 e. The molecule has 0 saturated heterocycles. The highest BCUT2D eigenvalue weighted by Gasteiger charge is 2.18. The molecule has 0 aliphatic rings. The Hall–Kier alpha value is -2.28. The van der Waals surface area contributed by atoms with Crippen molar-refractivity contribution in [3.63, 3.8) is 0 Å². The van der Waals surface area contributed by atoms with Crippen LogP contribution in [0, 0.1) is 5.41 Å². The Labute approximate surface area is 142 Å². The van der Waals surface area contributed by atoms with Gasteiger partial charge in [-0.3, -0.25) is 10.2 Å². The molecule has 7 nitrogen and oxygen atoms in total. The summed E-state index contributed by atoms with van der Waals surface area (Å²) in [5.74, 6) is -1.07. The predicted octanol–water partition coefficient (Wildman–Crippen LogP) is 1.92. The van der Waals surface area contributed by atoms with Crippen molar-refractivity contribution in [1.82, 2.24) is 9.88 Å². The molecule has 0 amide bonds. The van der Waals surface area contributed by atoms with E-state index in [1.807, 2.05) is 0 Å². The zero-order chi connectivity index (χ0) is 17.9. The van der Waals surface area contributed by atoms with E-state index in [1.165, 1.54) is 12.3 Å². The lowest BCUT2D eigenvalue weighted by atomic mass is 10.1. The Morgan fingerprint density at radius 2 is 2.00 bits per heavy atom. The molecule has 0 aliphatic carbocycles. The largest absolute Gasteiger partial charge is 0.461 e. The van der Waals surface area contributed by atoms with Gasteiger partial charge in [0, 0.05) is 6.20 Å². The molecule has 24 heavy (non-hydrogen) atoms. The molecule has 0 spiro atoms. The number of esters is 1. The van der Waals surface area contributed by atoms with Crippen LogP contribution in [0.1, 0.15) is 43.5 Å². The summed E-state index contributed by atoms with van der Waals surface area (Å²) in [7, 11) is 0. The lowest BCUT2D eigenvalue weighted by Crippen LogP contribution is -2.24. The second-order valence-corrected chi connectivity index (χ2v) is 5.38. The molecule has 0 bridgehead atoms. The van der Waals surface area contributed by atoms with E-state index in [2.05, 4.69) is 23.7 Å². The van der Waals surface area contributed by atoms with E-state index in [4.69, 9.17) is 15.9 Å². The smallest absolute Gasteiger partial charge is 0.352 e. The standard InChI is InChI=1S/C17H26N4O3/c1-3-21(4-2)10-5-6-11-24-17(23)14(18)12-15(22)13-8-7-9-20-16(13)19/h7-9,18H,3-6,10-12H2,1-2H3,(H2,19,20). The highest BCUT2D eigenvalue weighted by Crippen LogP contribution is 2.10. The van der Waals surface area contributed by atoms with E-state index < -0.39 is 11.8 Å². The van der Waals surface area contributed by atoms with Crippen LogP contribution < -0.4 is 5.73 Å². The van der Waals surface area contributed by atoms with Gasteiger partial charge in [0.05, 0.1) is 18.6 Å². The van der Waals surface area contributed by atoms with E-state index in [0.29, 0.717) is 0 Å². The number of nitrogens with one attached hydrogen (secondary N) is 1. The quantitative estimate of drug-likeness (QED) is 0.277. The van der Waals surface area contributed by atoms with Gasteiger partial charge in [0.25, 0.3) is 0 Å². The molecule has 1 aromatic heterocycles. The number of nitrogens with zero attached hydrogens (tertiary/aromatic N) is 2. The third-order valence-electron chi connectivity index (χ3n) is 3.72. The van der Waals surface area contributed by atoms with Gasteiger partial charge in [-0.2, -0.15) is 0 Å². The summed E-state index contributed by atoms with van der Waals surface area (Å²) < 4.78 is 5.04. The fourth-order valence-electron chi connectivity index (χ4n) is 2.21. The van der Waals surface area contributed by atoms with E-state index in [-0.39, 0.29) is 30.1 Å². The van der Waals surface area contributed by atoms with Crippen molar-refractivity contribution in [2.45, 2.75) is 33.1 Å². The topological polar surface area (TPSA) is 109 Å². The molecule has 0 fully saturated rings. The van der Waals surface area contributed by atoms with Crippen molar-refractivity contribution in [1.29, 1.82) is 5.41 Å². The number of hydrogen-bond acceptors (Lipinski definition) is 7. The molecule has 0 aromatic carbocycles. The summed E-state index contributed by atoms with van der Waals surface area (Å²) in [4.78, 5) is 29.9. The second-order valence-electron chi connectivity index (χ2n) is 5.38. The molecule has 0 unspecified atom stereocenters. The molecule has 132 valence electrons. The molecular formula is C17H26N4O3. The number of anilines is 1. The Morgan fingerprint density at radius 3 is 2.62 bits per heavy atom. The molecular weight excluding hydrogens is 308 g/mol. The highest BCUT2D eigenvalue weighted by molar-refractivity contribution is 6.39. The third kappa shape index (κ3) is 6.45. The van der Waals surface area contributed by atoms with Gasteiger partial charge >= 0.3 is 5.97 Å². The van der Waals surface area contributed by atoms with Crippen molar-refractivity contribution in [3.8, 4) is 0 Å². The van der Waals surface area contributed by atoms with Crippen LogP contribution >= 0.6 is 0 Å². The zero-order valence-electron chi connectivity index (χ0n) is 14.4. The van der Waals surface area contributed by atoms with Crippen LogP contribution in [0.25, 0.3) is 0 Å². The van der Waals surface area contributed by atoms with Crippen LogP contribution in [0.15, 0.2) is 18.3 Å². The van der Waals surface area contributed by atoms with Gasteiger partial charge in [0.15, 0.2) is 5.78 Å². The molecule has 0 atom stereocenters. The molecule has 1 heterocycles. The van der Waals surface area contributed by atoms with Crippen LogP contribution in [0.5, 0.6) is 0 Å². The molecule has 0 aliphatic heterocycles. The number of carbonyl (C=O) groups is 2. The van der Waals surface area contributed by atoms with Gasteiger partial charge < -0.3 is 15.4 Å². The normalized spacial score (nSPS) is 10.6. The summed E-state index contributed by atoms with van der Waals surface area (Å²) >= 11 is 0. The summed E-state index contributed by atoms with van der Waals surface area (Å²) in [6.45, 7) is 7.43. The van der Waals surface area contributed by atoms with Crippen LogP contribution in [0.2, 0.25) is 0 Å². The van der Waals surface area contributed by atoms with Crippen LogP contribution in [0.3, 0.4) is 0 Å². The zero-order valence-corrected chi connectivity index (χ0v) is 14.4. The average molecular weight is 334 g/mol. The van der Waals surface area contributed by atoms with Gasteiger partial charge in [-0.05, 0) is 44.6 Å². The first-order valence-electron chi connectivity index (χ1n) is 8.20. The minimum absolute atomic E-state index is 0.0973. The number of ketones is 1. The monoisotopic (exact) mass is 334 g/mol. The van der Waals surface area contributed by atoms with Crippen LogP contribution in [-0.2, 0) is 9.53 Å². The maximum absolute atomic E-state index is 12.0. The number of carbonyl (C=O) groups excluding carboxylic acids is 2. The molecule has 1 rings (SSSR count). The number of rotatable bonds is 11. The van der Waals surface area contributed by atoms with Crippen molar-refractivity contribution in [3.05, 3.63) is 23.9 Å². The van der Waals surface area contributed by atoms with Gasteiger partial charge in [-0.25, -0.2) is 9.78 Å². The second kappa shape index (κ2) is 10.5. The van der Waals surface area contributed by atoms with Crippen molar-refractivity contribution in [2.75, 3.05) is 32.0 Å². The van der Waals surface area contributed by atoms with Crippen LogP contribution in [-0.4, -0.2) is 53.6 Å². The highest BCUT2D eigenvalue weighted by atomic mass is 16.5. The van der Waals surface area contributed by atoms with E-state index >= 15 is 0 Å². The SMILES string of the molecule is CCN(CC)CCCCOC(=O)C(=N)CC(=O)c1cccnc1N. The summed E-state index contributed by atoms with van der Waals surface area (Å²) in [6, 6.07) is 3.11. The number of aromatic nitrogens is 1. The Kier molecular flexibility index (Phi) is 8.64. The third-order valence-corrected chi connectivity index (χ3v) is 3.72. The fourth-order valence-corrected chi connectivity index (χ4v) is 2.21. The number of pyridine rings is 1. The molecule has 1 aromatic rings. The maximum atomic E-state index is 12.0. The van der Waals surface area contributed by atoms with E-state index in [9.17, 15) is 9.59 Å². The Bertz CT molecular complexity index is 571. The van der Waals surface area contributed by atoms with Crippen molar-refractivity contribution in [2.24, 2.45) is 0 Å². The van der Waals surface area contributed by atoms with E-state index in [1.54, 1.807) is 6.07 Å². The van der Waals surface area contributed by atoms with Gasteiger partial charge in [-0.1, -0.05) is 13.8 Å². The lowest BCUT2D eigenvalue weighted by molar-refractivity contribution is -0.135. The molecule has 0 saturated carbocycles. The fraction of sp³-hybridized carbons (Fsp3) is 0.529. The molecule has 7 heteroatoms. The number of nitrogen functional groups attached to an aromatic ring is 1. The van der Waals surface area contributed by atoms with Crippen molar-refractivity contribution < 1.29 is 14.3 Å². The van der Waals surface area contributed by atoms with Gasteiger partial charge in [0.2, 0.25) is 0 Å². The van der Waals surface area contributed by atoms with Crippen LogP contribution in [0.4, 0.5) is 5.82 Å². The van der Waals surface area contributed by atoms with Crippen molar-refractivity contribution >= 4 is 23.3 Å². The first-order chi connectivity index (χ1) is 11.5. The average Bonchev–Trinajstić information content (AvgIpc) is 2.58. The van der Waals surface area contributed by atoms with Gasteiger partial charge in [0.1, 0.15) is 11.5 Å². The predicted molar refractivity (Wildman–Crippen MR) is 93.3 cm³/mol. The Balaban J connectivity index is 2.31. The lowest BCUT2D eigenvalue weighted by Gasteiger charge is -2.17. The first kappa shape index (κ1) is 19.8. The molecule has 0 radical (unpaired) electrons. The first-order valence-corrected chi connectivity index (χ1v) is 8.20. The minimum atomic E-state index is -0.756. The van der Waals surface area contributed by atoms with E-state index in [0.717, 1.165) is 32.5 Å². The number of hydrogen-bond donors (Lipinski definition) is 2. The number of unbranched alkanes of at least 4 members (excludes halogenated alkanes) is 1. The maximum Gasteiger partial charge on any atom is 0.352 e. The Morgan fingerprint density at radius 1 is 1.29 bits per heavy atom. The number of nitrogens with two attached hydrogens (primary N) is 1. The number of Topliss-reactive ketones (excluding diaryl/α,β-unsaturated/α-hetero) is 1. The summed E-state index contributed by atoms with van der Waals surface area (Å²) in [6.07, 6.45) is 2.80. The van der Waals surface area contributed by atoms with Gasteiger partial charge in [-0.15, -0.1) is 0 Å². The summed E-state index contributed by atoms with van der Waals surface area (Å²) in [5, 5.41) is 7.69.